The molecule has 0 spiro atoms. The van der Waals surface area contributed by atoms with Gasteiger partial charge in [-0.05, 0) is 30.3 Å². The molecule has 0 unspecified atom stereocenters. The van der Waals surface area contributed by atoms with Crippen LogP contribution < -0.4 is 24.3 Å². The highest BCUT2D eigenvalue weighted by molar-refractivity contribution is 6.06. The number of nitrogens with zero attached hydrogens (tertiary/aromatic N) is 1. The number of nitrogens with one attached hydrogen (secondary N) is 1. The fourth-order valence-corrected chi connectivity index (χ4v) is 3.05. The smallest absolute Gasteiger partial charge is 0.268 e. The van der Waals surface area contributed by atoms with Gasteiger partial charge in [-0.25, -0.2) is 0 Å². The quantitative estimate of drug-likeness (QED) is 0.853. The topological polar surface area (TPSA) is 87.6 Å². The van der Waals surface area contributed by atoms with E-state index in [1.807, 2.05) is 12.1 Å². The predicted molar refractivity (Wildman–Crippen MR) is 102 cm³/mol. The van der Waals surface area contributed by atoms with E-state index in [0.29, 0.717) is 54.0 Å². The van der Waals surface area contributed by atoms with Crippen LogP contribution in [0.5, 0.6) is 23.0 Å². The standard InChI is InChI=1S/C20H20N2O6/c1-24-15-5-3-12(9-17(15)25-2)14-11-19(28-22-14)20(23)21-13-4-6-16-18(10-13)27-8-7-26-16/h3-6,9-10,19H,7-8,11H2,1-2H3,(H,21,23)/t19-/m0/s1. The lowest BCUT2D eigenvalue weighted by molar-refractivity contribution is -0.125. The van der Waals surface area contributed by atoms with Crippen molar-refractivity contribution in [2.45, 2.75) is 12.5 Å². The molecular formula is C20H20N2O6. The van der Waals surface area contributed by atoms with E-state index in [1.54, 1.807) is 38.5 Å². The lowest BCUT2D eigenvalue weighted by atomic mass is 10.0. The van der Waals surface area contributed by atoms with E-state index < -0.39 is 6.10 Å². The molecule has 0 saturated heterocycles. The van der Waals surface area contributed by atoms with Gasteiger partial charge in [0.25, 0.3) is 5.91 Å². The van der Waals surface area contributed by atoms with Gasteiger partial charge in [0.1, 0.15) is 13.2 Å². The summed E-state index contributed by atoms with van der Waals surface area (Å²) >= 11 is 0. The van der Waals surface area contributed by atoms with Gasteiger partial charge in [0, 0.05) is 23.7 Å². The van der Waals surface area contributed by atoms with Crippen molar-refractivity contribution in [3.05, 3.63) is 42.0 Å². The molecule has 8 heteroatoms. The molecule has 1 amide bonds. The Morgan fingerprint density at radius 3 is 2.61 bits per heavy atom. The van der Waals surface area contributed by atoms with Gasteiger partial charge in [0.05, 0.1) is 19.9 Å². The van der Waals surface area contributed by atoms with Crippen LogP contribution in [0, 0.1) is 0 Å². The molecule has 8 nitrogen and oxygen atoms in total. The summed E-state index contributed by atoms with van der Waals surface area (Å²) in [4.78, 5) is 17.9. The Morgan fingerprint density at radius 2 is 1.82 bits per heavy atom. The maximum absolute atomic E-state index is 12.6. The van der Waals surface area contributed by atoms with E-state index in [-0.39, 0.29) is 5.91 Å². The van der Waals surface area contributed by atoms with Crippen molar-refractivity contribution in [3.8, 4) is 23.0 Å². The number of carbonyl (C=O) groups excluding carboxylic acids is 1. The normalized spacial score (nSPS) is 17.4. The number of rotatable bonds is 5. The third kappa shape index (κ3) is 3.53. The van der Waals surface area contributed by atoms with Gasteiger partial charge in [0.15, 0.2) is 23.0 Å². The van der Waals surface area contributed by atoms with Crippen molar-refractivity contribution in [2.24, 2.45) is 5.16 Å². The third-order valence-electron chi connectivity index (χ3n) is 4.49. The summed E-state index contributed by atoms with van der Waals surface area (Å²) in [6.07, 6.45) is -0.359. The van der Waals surface area contributed by atoms with Crippen molar-refractivity contribution < 1.29 is 28.6 Å². The summed E-state index contributed by atoms with van der Waals surface area (Å²) in [6.45, 7) is 1.00. The molecule has 1 N–H and O–H groups in total. The highest BCUT2D eigenvalue weighted by atomic mass is 16.6. The average Bonchev–Trinajstić information content (AvgIpc) is 3.23. The van der Waals surface area contributed by atoms with E-state index in [9.17, 15) is 4.79 Å². The van der Waals surface area contributed by atoms with Gasteiger partial charge in [-0.1, -0.05) is 5.16 Å². The molecule has 0 fully saturated rings. The average molecular weight is 384 g/mol. The molecule has 2 aromatic carbocycles. The van der Waals surface area contributed by atoms with Crippen LogP contribution in [0.15, 0.2) is 41.6 Å². The molecule has 2 aromatic rings. The maximum atomic E-state index is 12.6. The first-order chi connectivity index (χ1) is 13.7. The van der Waals surface area contributed by atoms with E-state index in [4.69, 9.17) is 23.8 Å². The van der Waals surface area contributed by atoms with E-state index in [1.165, 1.54) is 0 Å². The largest absolute Gasteiger partial charge is 0.493 e. The van der Waals surface area contributed by atoms with Gasteiger partial charge in [0.2, 0.25) is 6.10 Å². The van der Waals surface area contributed by atoms with Crippen LogP contribution in [0.25, 0.3) is 0 Å². The van der Waals surface area contributed by atoms with Crippen LogP contribution in [0.3, 0.4) is 0 Å². The molecule has 2 heterocycles. The number of ether oxygens (including phenoxy) is 4. The number of methoxy groups -OCH3 is 2. The minimum Gasteiger partial charge on any atom is -0.493 e. The molecule has 28 heavy (non-hydrogen) atoms. The summed E-state index contributed by atoms with van der Waals surface area (Å²) in [5.41, 5.74) is 2.09. The van der Waals surface area contributed by atoms with Crippen LogP contribution in [-0.4, -0.2) is 45.2 Å². The van der Waals surface area contributed by atoms with Crippen LogP contribution in [0.1, 0.15) is 12.0 Å². The number of amides is 1. The second-order valence-corrected chi connectivity index (χ2v) is 6.25. The van der Waals surface area contributed by atoms with Crippen molar-refractivity contribution >= 4 is 17.3 Å². The Kier molecular flexibility index (Phi) is 4.92. The molecule has 0 bridgehead atoms. The van der Waals surface area contributed by atoms with Crippen molar-refractivity contribution in [1.82, 2.24) is 0 Å². The summed E-state index contributed by atoms with van der Waals surface area (Å²) in [5.74, 6) is 2.21. The molecule has 0 aliphatic carbocycles. The zero-order chi connectivity index (χ0) is 19.5. The van der Waals surface area contributed by atoms with Gasteiger partial charge in [-0.15, -0.1) is 0 Å². The molecule has 0 aromatic heterocycles. The highest BCUT2D eigenvalue weighted by Crippen LogP contribution is 2.33. The number of fused-ring (bicyclic) bond motifs is 1. The Labute approximate surface area is 162 Å². The second-order valence-electron chi connectivity index (χ2n) is 6.25. The zero-order valence-corrected chi connectivity index (χ0v) is 15.6. The van der Waals surface area contributed by atoms with Gasteiger partial charge >= 0.3 is 0 Å². The fourth-order valence-electron chi connectivity index (χ4n) is 3.05. The number of benzene rings is 2. The van der Waals surface area contributed by atoms with Crippen LogP contribution in [-0.2, 0) is 9.63 Å². The van der Waals surface area contributed by atoms with Gasteiger partial charge < -0.3 is 29.1 Å². The van der Waals surface area contributed by atoms with Crippen LogP contribution in [0.2, 0.25) is 0 Å². The minimum absolute atomic E-state index is 0.282. The molecule has 2 aliphatic rings. The molecule has 0 saturated carbocycles. The molecule has 2 aliphatic heterocycles. The molecule has 4 rings (SSSR count). The number of hydrogen-bond acceptors (Lipinski definition) is 7. The number of hydrogen-bond donors (Lipinski definition) is 1. The summed E-state index contributed by atoms with van der Waals surface area (Å²) in [7, 11) is 3.14. The van der Waals surface area contributed by atoms with Crippen molar-refractivity contribution in [1.29, 1.82) is 0 Å². The summed E-state index contributed by atoms with van der Waals surface area (Å²) in [5, 5.41) is 6.90. The lowest BCUT2D eigenvalue weighted by Gasteiger charge is -2.19. The Balaban J connectivity index is 1.41. The Morgan fingerprint density at radius 1 is 1.04 bits per heavy atom. The van der Waals surface area contributed by atoms with E-state index in [0.717, 1.165) is 5.56 Å². The maximum Gasteiger partial charge on any atom is 0.268 e. The molecule has 1 atom stereocenters. The van der Waals surface area contributed by atoms with Gasteiger partial charge in [-0.3, -0.25) is 4.79 Å². The van der Waals surface area contributed by atoms with Crippen LogP contribution >= 0.6 is 0 Å². The van der Waals surface area contributed by atoms with Gasteiger partial charge in [-0.2, -0.15) is 0 Å². The summed E-state index contributed by atoms with van der Waals surface area (Å²) in [6, 6.07) is 10.7. The van der Waals surface area contributed by atoms with Crippen molar-refractivity contribution in [2.75, 3.05) is 32.8 Å². The van der Waals surface area contributed by atoms with E-state index in [2.05, 4.69) is 10.5 Å². The molecular weight excluding hydrogens is 364 g/mol. The first-order valence-electron chi connectivity index (χ1n) is 8.83. The Bertz CT molecular complexity index is 927. The van der Waals surface area contributed by atoms with Crippen molar-refractivity contribution in [3.63, 3.8) is 0 Å². The number of carbonyl (C=O) groups is 1. The second kappa shape index (κ2) is 7.67. The van der Waals surface area contributed by atoms with E-state index >= 15 is 0 Å². The zero-order valence-electron chi connectivity index (χ0n) is 15.6. The first-order valence-corrected chi connectivity index (χ1v) is 8.83. The number of anilines is 1. The third-order valence-corrected chi connectivity index (χ3v) is 4.49. The fraction of sp³-hybridized carbons (Fsp3) is 0.300. The number of oxime groups is 1. The summed E-state index contributed by atoms with van der Waals surface area (Å²) < 4.78 is 21.6. The predicted octanol–water partition coefficient (Wildman–Crippen LogP) is 2.61. The molecule has 0 radical (unpaired) electrons. The Hall–Kier alpha value is -3.42. The first kappa shape index (κ1) is 18.0. The molecule has 146 valence electrons. The SMILES string of the molecule is COc1ccc(C2=NO[C@H](C(=O)Nc3ccc4c(c3)OCCO4)C2)cc1OC. The highest BCUT2D eigenvalue weighted by Gasteiger charge is 2.29. The minimum atomic E-state index is -0.712. The lowest BCUT2D eigenvalue weighted by Crippen LogP contribution is -2.28. The van der Waals surface area contributed by atoms with Crippen LogP contribution in [0.4, 0.5) is 5.69 Å². The monoisotopic (exact) mass is 384 g/mol.